The molecular formula is C15H16N2O4S. The van der Waals surface area contributed by atoms with Crippen LogP contribution in [0.4, 0.5) is 0 Å². The molecule has 0 amide bonds. The summed E-state index contributed by atoms with van der Waals surface area (Å²) in [5, 5.41) is 9.44. The van der Waals surface area contributed by atoms with Crippen molar-refractivity contribution >= 4 is 29.7 Å². The number of aliphatic carboxylic acids is 1. The molecule has 0 radical (unpaired) electrons. The lowest BCUT2D eigenvalue weighted by molar-refractivity contribution is -0.137. The van der Waals surface area contributed by atoms with Gasteiger partial charge in [0.15, 0.2) is 11.5 Å². The van der Waals surface area contributed by atoms with Crippen molar-refractivity contribution in [3.63, 3.8) is 0 Å². The SMILES string of the molecule is COc1cc(/C=C/c2nc(C)ns2)ccc1OCCC(=O)O. The second-order valence-corrected chi connectivity index (χ2v) is 5.20. The van der Waals surface area contributed by atoms with E-state index < -0.39 is 5.97 Å². The molecule has 0 unspecified atom stereocenters. The second-order valence-electron chi connectivity index (χ2n) is 4.42. The zero-order chi connectivity index (χ0) is 15.9. The number of methoxy groups -OCH3 is 1. The van der Waals surface area contributed by atoms with E-state index in [1.807, 2.05) is 31.2 Å². The topological polar surface area (TPSA) is 81.5 Å². The van der Waals surface area contributed by atoms with Crippen LogP contribution in [0.3, 0.4) is 0 Å². The molecule has 0 saturated heterocycles. The molecule has 2 rings (SSSR count). The Kier molecular flexibility index (Phi) is 5.48. The van der Waals surface area contributed by atoms with Crippen molar-refractivity contribution in [2.45, 2.75) is 13.3 Å². The van der Waals surface area contributed by atoms with Gasteiger partial charge in [-0.05, 0) is 42.2 Å². The van der Waals surface area contributed by atoms with Crippen LogP contribution in [-0.4, -0.2) is 34.2 Å². The maximum absolute atomic E-state index is 10.5. The molecule has 0 fully saturated rings. The van der Waals surface area contributed by atoms with Gasteiger partial charge in [-0.3, -0.25) is 4.79 Å². The van der Waals surface area contributed by atoms with Crippen molar-refractivity contribution in [1.82, 2.24) is 9.36 Å². The van der Waals surface area contributed by atoms with Gasteiger partial charge in [0.05, 0.1) is 20.1 Å². The summed E-state index contributed by atoms with van der Waals surface area (Å²) in [5.74, 6) is 0.934. The third-order valence-electron chi connectivity index (χ3n) is 2.72. The standard InChI is InChI=1S/C15H16N2O4S/c1-10-16-14(22-17-10)6-4-11-3-5-12(13(9-11)20-2)21-8-7-15(18)19/h3-6,9H,7-8H2,1-2H3,(H,18,19)/b6-4+. The van der Waals surface area contributed by atoms with Crippen LogP contribution in [0.15, 0.2) is 18.2 Å². The van der Waals surface area contributed by atoms with Crippen LogP contribution in [0.25, 0.3) is 12.2 Å². The third-order valence-corrected chi connectivity index (χ3v) is 3.49. The Morgan fingerprint density at radius 2 is 2.18 bits per heavy atom. The van der Waals surface area contributed by atoms with Crippen molar-refractivity contribution in [1.29, 1.82) is 0 Å². The number of rotatable bonds is 7. The van der Waals surface area contributed by atoms with Gasteiger partial charge in [0, 0.05) is 0 Å². The third kappa shape index (κ3) is 4.56. The van der Waals surface area contributed by atoms with E-state index in [9.17, 15) is 4.79 Å². The number of hydrogen-bond acceptors (Lipinski definition) is 6. The van der Waals surface area contributed by atoms with E-state index in [1.165, 1.54) is 11.5 Å². The molecule has 2 aromatic rings. The largest absolute Gasteiger partial charge is 0.493 e. The molecule has 0 aliphatic carbocycles. The molecule has 0 aliphatic rings. The zero-order valence-corrected chi connectivity index (χ0v) is 13.1. The quantitative estimate of drug-likeness (QED) is 0.845. The summed E-state index contributed by atoms with van der Waals surface area (Å²) in [6, 6.07) is 5.44. The molecule has 7 heteroatoms. The predicted molar refractivity (Wildman–Crippen MR) is 84.3 cm³/mol. The number of aryl methyl sites for hydroxylation is 1. The Morgan fingerprint density at radius 1 is 1.36 bits per heavy atom. The highest BCUT2D eigenvalue weighted by Crippen LogP contribution is 2.29. The van der Waals surface area contributed by atoms with Crippen molar-refractivity contribution < 1.29 is 19.4 Å². The number of hydrogen-bond donors (Lipinski definition) is 1. The van der Waals surface area contributed by atoms with Crippen LogP contribution in [0.2, 0.25) is 0 Å². The van der Waals surface area contributed by atoms with E-state index in [4.69, 9.17) is 14.6 Å². The summed E-state index contributed by atoms with van der Waals surface area (Å²) >= 11 is 1.34. The van der Waals surface area contributed by atoms with Gasteiger partial charge in [0.25, 0.3) is 0 Å². The molecule has 6 nitrogen and oxygen atoms in total. The van der Waals surface area contributed by atoms with E-state index in [-0.39, 0.29) is 13.0 Å². The molecule has 0 atom stereocenters. The highest BCUT2D eigenvalue weighted by atomic mass is 32.1. The summed E-state index contributed by atoms with van der Waals surface area (Å²) in [7, 11) is 1.54. The lowest BCUT2D eigenvalue weighted by Gasteiger charge is -2.10. The molecule has 0 bridgehead atoms. The van der Waals surface area contributed by atoms with Gasteiger partial charge < -0.3 is 14.6 Å². The van der Waals surface area contributed by atoms with E-state index in [0.717, 1.165) is 16.4 Å². The molecule has 0 spiro atoms. The van der Waals surface area contributed by atoms with Crippen molar-refractivity contribution in [2.24, 2.45) is 0 Å². The lowest BCUT2D eigenvalue weighted by Crippen LogP contribution is -2.05. The first-order valence-corrected chi connectivity index (χ1v) is 7.37. The van der Waals surface area contributed by atoms with Crippen LogP contribution in [0.1, 0.15) is 22.8 Å². The van der Waals surface area contributed by atoms with E-state index in [2.05, 4.69) is 9.36 Å². The van der Waals surface area contributed by atoms with Crippen molar-refractivity contribution in [2.75, 3.05) is 13.7 Å². The number of carboxylic acid groups (broad SMARTS) is 1. The highest BCUT2D eigenvalue weighted by molar-refractivity contribution is 7.06. The molecular weight excluding hydrogens is 304 g/mol. The Labute approximate surface area is 132 Å². The first kappa shape index (κ1) is 16.0. The van der Waals surface area contributed by atoms with Crippen LogP contribution in [0.5, 0.6) is 11.5 Å². The van der Waals surface area contributed by atoms with Gasteiger partial charge in [-0.25, -0.2) is 4.98 Å². The van der Waals surface area contributed by atoms with Crippen molar-refractivity contribution in [3.05, 3.63) is 34.6 Å². The van der Waals surface area contributed by atoms with Gasteiger partial charge in [0.2, 0.25) is 0 Å². The smallest absolute Gasteiger partial charge is 0.306 e. The first-order chi connectivity index (χ1) is 10.6. The summed E-state index contributed by atoms with van der Waals surface area (Å²) in [5.41, 5.74) is 0.926. The summed E-state index contributed by atoms with van der Waals surface area (Å²) in [6.45, 7) is 1.95. The number of ether oxygens (including phenoxy) is 2. The molecule has 1 N–H and O–H groups in total. The molecule has 0 aliphatic heterocycles. The second kappa shape index (κ2) is 7.56. The highest BCUT2D eigenvalue weighted by Gasteiger charge is 2.06. The minimum Gasteiger partial charge on any atom is -0.493 e. The van der Waals surface area contributed by atoms with Gasteiger partial charge in [-0.2, -0.15) is 4.37 Å². The maximum Gasteiger partial charge on any atom is 0.306 e. The van der Waals surface area contributed by atoms with Gasteiger partial charge in [-0.1, -0.05) is 12.1 Å². The Balaban J connectivity index is 2.07. The van der Waals surface area contributed by atoms with Gasteiger partial charge >= 0.3 is 5.97 Å². The number of carbonyl (C=O) groups is 1. The molecule has 116 valence electrons. The van der Waals surface area contributed by atoms with Crippen LogP contribution < -0.4 is 9.47 Å². The number of benzene rings is 1. The fourth-order valence-corrected chi connectivity index (χ4v) is 2.27. The van der Waals surface area contributed by atoms with E-state index in [0.29, 0.717) is 11.5 Å². The summed E-state index contributed by atoms with van der Waals surface area (Å²) in [4.78, 5) is 14.7. The van der Waals surface area contributed by atoms with Gasteiger partial charge in [-0.15, -0.1) is 0 Å². The zero-order valence-electron chi connectivity index (χ0n) is 12.3. The number of carboxylic acids is 1. The fourth-order valence-electron chi connectivity index (χ4n) is 1.70. The maximum atomic E-state index is 10.5. The fraction of sp³-hybridized carbons (Fsp3) is 0.267. The van der Waals surface area contributed by atoms with Crippen molar-refractivity contribution in [3.8, 4) is 11.5 Å². The molecule has 0 saturated carbocycles. The lowest BCUT2D eigenvalue weighted by atomic mass is 10.2. The van der Waals surface area contributed by atoms with E-state index >= 15 is 0 Å². The summed E-state index contributed by atoms with van der Waals surface area (Å²) in [6.07, 6.45) is 3.73. The normalized spacial score (nSPS) is 10.8. The van der Waals surface area contributed by atoms with E-state index in [1.54, 1.807) is 13.2 Å². The average Bonchev–Trinajstić information content (AvgIpc) is 2.91. The molecule has 1 aromatic carbocycles. The Bertz CT molecular complexity index is 682. The van der Waals surface area contributed by atoms with Crippen LogP contribution in [0, 0.1) is 6.92 Å². The van der Waals surface area contributed by atoms with Crippen LogP contribution in [-0.2, 0) is 4.79 Å². The minimum absolute atomic E-state index is 0.0544. The Hall–Kier alpha value is -2.41. The van der Waals surface area contributed by atoms with Gasteiger partial charge in [0.1, 0.15) is 10.8 Å². The number of nitrogens with zero attached hydrogens (tertiary/aromatic N) is 2. The number of aromatic nitrogens is 2. The minimum atomic E-state index is -0.897. The monoisotopic (exact) mass is 320 g/mol. The first-order valence-electron chi connectivity index (χ1n) is 6.59. The Morgan fingerprint density at radius 3 is 2.82 bits per heavy atom. The van der Waals surface area contributed by atoms with Crippen LogP contribution >= 0.6 is 11.5 Å². The molecule has 22 heavy (non-hydrogen) atoms. The average molecular weight is 320 g/mol. The molecule has 1 aromatic heterocycles. The summed E-state index contributed by atoms with van der Waals surface area (Å²) < 4.78 is 14.8. The predicted octanol–water partition coefficient (Wildman–Crippen LogP) is 2.88. The molecule has 1 heterocycles.